The molecule has 0 amide bonds. The molecule has 1 aromatic heterocycles. The first kappa shape index (κ1) is 13.6. The molecule has 1 aromatic carbocycles. The van der Waals surface area contributed by atoms with Gasteiger partial charge in [-0.2, -0.15) is 0 Å². The minimum atomic E-state index is 0.714. The molecule has 5 heteroatoms. The Kier molecular flexibility index (Phi) is 4.05. The molecule has 0 unspecified atom stereocenters. The number of pyridine rings is 1. The zero-order valence-electron chi connectivity index (χ0n) is 11.4. The number of anilines is 1. The molecule has 1 aliphatic heterocycles. The Bertz CT molecular complexity index is 593. The molecular formula is C15H19ClN4. The van der Waals surface area contributed by atoms with E-state index in [1.54, 1.807) is 0 Å². The van der Waals surface area contributed by atoms with Crippen LogP contribution in [0.25, 0.3) is 10.9 Å². The van der Waals surface area contributed by atoms with Crippen molar-refractivity contribution < 1.29 is 0 Å². The van der Waals surface area contributed by atoms with Crippen molar-refractivity contribution in [3.8, 4) is 0 Å². The summed E-state index contributed by atoms with van der Waals surface area (Å²) in [6.45, 7) is 5.76. The summed E-state index contributed by atoms with van der Waals surface area (Å²) in [6.07, 6.45) is 0. The van der Waals surface area contributed by atoms with Crippen molar-refractivity contribution in [2.24, 2.45) is 5.73 Å². The second kappa shape index (κ2) is 5.95. The van der Waals surface area contributed by atoms with Crippen LogP contribution in [-0.4, -0.2) is 49.2 Å². The number of nitrogens with zero attached hydrogens (tertiary/aromatic N) is 3. The maximum Gasteiger partial charge on any atom is 0.129 e. The van der Waals surface area contributed by atoms with Crippen molar-refractivity contribution >= 4 is 28.3 Å². The van der Waals surface area contributed by atoms with Gasteiger partial charge in [0.2, 0.25) is 0 Å². The van der Waals surface area contributed by atoms with Crippen molar-refractivity contribution in [1.29, 1.82) is 0 Å². The number of fused-ring (bicyclic) bond motifs is 1. The van der Waals surface area contributed by atoms with Crippen molar-refractivity contribution in [1.82, 2.24) is 9.88 Å². The minimum Gasteiger partial charge on any atom is -0.354 e. The van der Waals surface area contributed by atoms with Gasteiger partial charge in [0.05, 0.1) is 10.5 Å². The summed E-state index contributed by atoms with van der Waals surface area (Å²) in [7, 11) is 0. The Hall–Kier alpha value is -1.36. The molecule has 0 aliphatic carbocycles. The number of aromatic nitrogens is 1. The van der Waals surface area contributed by atoms with Crippen LogP contribution in [0.5, 0.6) is 0 Å². The largest absolute Gasteiger partial charge is 0.354 e. The predicted octanol–water partition coefficient (Wildman–Crippen LogP) is 1.97. The second-order valence-electron chi connectivity index (χ2n) is 5.10. The Balaban J connectivity index is 1.79. The van der Waals surface area contributed by atoms with Gasteiger partial charge in [-0.3, -0.25) is 4.90 Å². The summed E-state index contributed by atoms with van der Waals surface area (Å²) >= 11 is 6.23. The van der Waals surface area contributed by atoms with Gasteiger partial charge >= 0.3 is 0 Å². The molecule has 20 heavy (non-hydrogen) atoms. The molecule has 2 aromatic rings. The third-order valence-electron chi connectivity index (χ3n) is 3.80. The van der Waals surface area contributed by atoms with Gasteiger partial charge in [0.25, 0.3) is 0 Å². The quantitative estimate of drug-likeness (QED) is 0.939. The first-order chi connectivity index (χ1) is 9.78. The molecule has 1 aliphatic rings. The number of hydrogen-bond donors (Lipinski definition) is 1. The monoisotopic (exact) mass is 290 g/mol. The maximum atomic E-state index is 6.23. The van der Waals surface area contributed by atoms with Gasteiger partial charge in [0.1, 0.15) is 5.82 Å². The fourth-order valence-corrected chi connectivity index (χ4v) is 2.88. The average molecular weight is 291 g/mol. The summed E-state index contributed by atoms with van der Waals surface area (Å²) in [4.78, 5) is 9.43. The lowest BCUT2D eigenvalue weighted by molar-refractivity contribution is 0.264. The number of para-hydroxylation sites is 1. The van der Waals surface area contributed by atoms with Crippen LogP contribution in [0.3, 0.4) is 0 Å². The highest BCUT2D eigenvalue weighted by atomic mass is 35.5. The average Bonchev–Trinajstić information content (AvgIpc) is 2.49. The van der Waals surface area contributed by atoms with E-state index in [9.17, 15) is 0 Å². The predicted molar refractivity (Wildman–Crippen MR) is 84.5 cm³/mol. The Morgan fingerprint density at radius 3 is 2.65 bits per heavy atom. The molecule has 2 N–H and O–H groups in total. The van der Waals surface area contributed by atoms with Crippen LogP contribution in [-0.2, 0) is 0 Å². The van der Waals surface area contributed by atoms with Gasteiger partial charge in [-0.15, -0.1) is 0 Å². The Labute approximate surface area is 124 Å². The number of nitrogens with two attached hydrogens (primary N) is 1. The van der Waals surface area contributed by atoms with Gasteiger partial charge in [0, 0.05) is 44.7 Å². The first-order valence-corrected chi connectivity index (χ1v) is 7.38. The van der Waals surface area contributed by atoms with Gasteiger partial charge in [-0.1, -0.05) is 23.7 Å². The van der Waals surface area contributed by atoms with E-state index in [2.05, 4.69) is 21.9 Å². The smallest absolute Gasteiger partial charge is 0.129 e. The SMILES string of the molecule is NCCN1CCN(c2ccc3cccc(Cl)c3n2)CC1. The molecule has 4 nitrogen and oxygen atoms in total. The lowest BCUT2D eigenvalue weighted by atomic mass is 10.2. The Morgan fingerprint density at radius 1 is 1.10 bits per heavy atom. The molecule has 2 heterocycles. The van der Waals surface area contributed by atoms with E-state index in [4.69, 9.17) is 22.3 Å². The summed E-state index contributed by atoms with van der Waals surface area (Å²) in [5, 5.41) is 1.80. The minimum absolute atomic E-state index is 0.714. The fraction of sp³-hybridized carbons (Fsp3) is 0.400. The number of halogens is 1. The van der Waals surface area contributed by atoms with E-state index < -0.39 is 0 Å². The van der Waals surface area contributed by atoms with Crippen molar-refractivity contribution in [2.75, 3.05) is 44.2 Å². The number of hydrogen-bond acceptors (Lipinski definition) is 4. The lowest BCUT2D eigenvalue weighted by Gasteiger charge is -2.35. The highest BCUT2D eigenvalue weighted by Gasteiger charge is 2.17. The highest BCUT2D eigenvalue weighted by molar-refractivity contribution is 6.35. The molecule has 1 fully saturated rings. The van der Waals surface area contributed by atoms with Crippen LogP contribution in [0, 0.1) is 0 Å². The van der Waals surface area contributed by atoms with Crippen molar-refractivity contribution in [3.05, 3.63) is 35.4 Å². The van der Waals surface area contributed by atoms with Crippen LogP contribution in [0.2, 0.25) is 5.02 Å². The molecule has 106 valence electrons. The van der Waals surface area contributed by atoms with Crippen LogP contribution in [0.1, 0.15) is 0 Å². The molecule has 0 atom stereocenters. The molecule has 0 saturated carbocycles. The first-order valence-electron chi connectivity index (χ1n) is 7.00. The van der Waals surface area contributed by atoms with Crippen LogP contribution >= 0.6 is 11.6 Å². The normalized spacial score (nSPS) is 16.8. The van der Waals surface area contributed by atoms with Crippen LogP contribution < -0.4 is 10.6 Å². The molecule has 0 bridgehead atoms. The van der Waals surface area contributed by atoms with Crippen molar-refractivity contribution in [2.45, 2.75) is 0 Å². The topological polar surface area (TPSA) is 45.4 Å². The molecule has 0 radical (unpaired) electrons. The van der Waals surface area contributed by atoms with E-state index in [0.29, 0.717) is 5.02 Å². The Morgan fingerprint density at radius 2 is 1.90 bits per heavy atom. The lowest BCUT2D eigenvalue weighted by Crippen LogP contribution is -2.48. The van der Waals surface area contributed by atoms with E-state index in [1.165, 1.54) is 0 Å². The molecular weight excluding hydrogens is 272 g/mol. The van der Waals surface area contributed by atoms with Gasteiger partial charge in [-0.05, 0) is 18.2 Å². The van der Waals surface area contributed by atoms with Crippen molar-refractivity contribution in [3.63, 3.8) is 0 Å². The number of benzene rings is 1. The highest BCUT2D eigenvalue weighted by Crippen LogP contribution is 2.24. The van der Waals surface area contributed by atoms with E-state index >= 15 is 0 Å². The molecule has 1 saturated heterocycles. The van der Waals surface area contributed by atoms with Gasteiger partial charge < -0.3 is 10.6 Å². The molecule has 0 spiro atoms. The van der Waals surface area contributed by atoms with E-state index in [1.807, 2.05) is 18.2 Å². The second-order valence-corrected chi connectivity index (χ2v) is 5.51. The van der Waals surface area contributed by atoms with E-state index in [-0.39, 0.29) is 0 Å². The third-order valence-corrected chi connectivity index (χ3v) is 4.10. The number of piperazine rings is 1. The zero-order valence-corrected chi connectivity index (χ0v) is 12.2. The summed E-state index contributed by atoms with van der Waals surface area (Å²) < 4.78 is 0. The summed E-state index contributed by atoms with van der Waals surface area (Å²) in [5.41, 5.74) is 6.49. The van der Waals surface area contributed by atoms with Gasteiger partial charge in [-0.25, -0.2) is 4.98 Å². The van der Waals surface area contributed by atoms with E-state index in [0.717, 1.165) is 56.0 Å². The third kappa shape index (κ3) is 2.73. The van der Waals surface area contributed by atoms with Crippen LogP contribution in [0.4, 0.5) is 5.82 Å². The number of rotatable bonds is 3. The summed E-state index contributed by atoms with van der Waals surface area (Å²) in [5.74, 6) is 1.01. The van der Waals surface area contributed by atoms with Gasteiger partial charge in [0.15, 0.2) is 0 Å². The maximum absolute atomic E-state index is 6.23. The standard InChI is InChI=1S/C15H19ClN4/c16-13-3-1-2-12-4-5-14(18-15(12)13)20-10-8-19(7-6-17)9-11-20/h1-5H,6-11,17H2. The van der Waals surface area contributed by atoms with Crippen LogP contribution in [0.15, 0.2) is 30.3 Å². The summed E-state index contributed by atoms with van der Waals surface area (Å²) in [6, 6.07) is 10.1. The molecule has 3 rings (SSSR count). The zero-order chi connectivity index (χ0) is 13.9. The fourth-order valence-electron chi connectivity index (χ4n) is 2.66.